The van der Waals surface area contributed by atoms with Gasteiger partial charge in [-0.2, -0.15) is 4.98 Å². The largest absolute Gasteiger partial charge is 0.497 e. The molecule has 2 heterocycles. The SMILES string of the molecule is COCCCN1C(=S)NC(c2ccc(OC)cc2)C(c2nc(-c3ccc(OC)c(F)c3)no2)=C1C. The maximum atomic E-state index is 14.3. The van der Waals surface area contributed by atoms with Gasteiger partial charge in [0.25, 0.3) is 5.89 Å². The maximum absolute atomic E-state index is 14.3. The Morgan fingerprint density at radius 2 is 1.89 bits per heavy atom. The molecular weight excluding hydrogens is 471 g/mol. The van der Waals surface area contributed by atoms with E-state index in [9.17, 15) is 4.39 Å². The molecule has 0 saturated heterocycles. The van der Waals surface area contributed by atoms with Crippen molar-refractivity contribution in [2.24, 2.45) is 0 Å². The van der Waals surface area contributed by atoms with E-state index >= 15 is 0 Å². The van der Waals surface area contributed by atoms with Gasteiger partial charge in [-0.05, 0) is 61.5 Å². The maximum Gasteiger partial charge on any atom is 0.258 e. The second-order valence-corrected chi connectivity index (χ2v) is 8.31. The normalized spacial score (nSPS) is 15.9. The molecule has 0 saturated carbocycles. The van der Waals surface area contributed by atoms with Crippen molar-refractivity contribution in [3.8, 4) is 22.9 Å². The number of rotatable bonds is 9. The summed E-state index contributed by atoms with van der Waals surface area (Å²) in [6.07, 6.45) is 0.788. The fourth-order valence-corrected chi connectivity index (χ4v) is 4.34. The van der Waals surface area contributed by atoms with Gasteiger partial charge in [-0.1, -0.05) is 17.3 Å². The van der Waals surface area contributed by atoms with Gasteiger partial charge in [0.2, 0.25) is 5.82 Å². The van der Waals surface area contributed by atoms with E-state index in [2.05, 4.69) is 15.5 Å². The molecule has 10 heteroatoms. The molecular formula is C25H27FN4O4S. The summed E-state index contributed by atoms with van der Waals surface area (Å²) >= 11 is 5.70. The molecule has 0 bridgehead atoms. The lowest BCUT2D eigenvalue weighted by Gasteiger charge is -2.37. The van der Waals surface area contributed by atoms with Crippen molar-refractivity contribution in [2.75, 3.05) is 34.5 Å². The summed E-state index contributed by atoms with van der Waals surface area (Å²) in [4.78, 5) is 6.61. The first-order valence-electron chi connectivity index (χ1n) is 11.1. The van der Waals surface area contributed by atoms with Crippen molar-refractivity contribution in [1.82, 2.24) is 20.4 Å². The molecule has 8 nitrogen and oxygen atoms in total. The van der Waals surface area contributed by atoms with Crippen LogP contribution in [0.3, 0.4) is 0 Å². The van der Waals surface area contributed by atoms with Gasteiger partial charge in [0.1, 0.15) is 5.75 Å². The highest BCUT2D eigenvalue weighted by atomic mass is 32.1. The number of halogens is 1. The number of thiocarbonyl (C=S) groups is 1. The van der Waals surface area contributed by atoms with Gasteiger partial charge in [-0.3, -0.25) is 0 Å². The minimum Gasteiger partial charge on any atom is -0.497 e. The Bertz CT molecular complexity index is 1230. The summed E-state index contributed by atoms with van der Waals surface area (Å²) in [6, 6.07) is 11.9. The Hall–Kier alpha value is -3.50. The highest BCUT2D eigenvalue weighted by Gasteiger charge is 2.34. The molecule has 1 aromatic heterocycles. The minimum atomic E-state index is -0.503. The Kier molecular flexibility index (Phi) is 7.62. The van der Waals surface area contributed by atoms with Crippen molar-refractivity contribution in [3.05, 3.63) is 65.4 Å². The highest BCUT2D eigenvalue weighted by Crippen LogP contribution is 2.38. The van der Waals surface area contributed by atoms with Crippen molar-refractivity contribution < 1.29 is 23.1 Å². The molecule has 35 heavy (non-hydrogen) atoms. The van der Waals surface area contributed by atoms with E-state index in [0.29, 0.717) is 29.7 Å². The third-order valence-corrected chi connectivity index (χ3v) is 6.18. The lowest BCUT2D eigenvalue weighted by atomic mass is 9.94. The molecule has 3 aromatic rings. The number of nitrogens with one attached hydrogen (secondary N) is 1. The van der Waals surface area contributed by atoms with Crippen LogP contribution in [-0.4, -0.2) is 54.6 Å². The van der Waals surface area contributed by atoms with Gasteiger partial charge in [0.05, 0.1) is 25.8 Å². The Balaban J connectivity index is 1.75. The molecule has 1 N–H and O–H groups in total. The minimum absolute atomic E-state index is 0.146. The van der Waals surface area contributed by atoms with E-state index in [1.807, 2.05) is 36.1 Å². The molecule has 1 atom stereocenters. The zero-order chi connectivity index (χ0) is 24.9. The lowest BCUT2D eigenvalue weighted by molar-refractivity contribution is 0.188. The standard InChI is InChI=1S/C25H27FN4O4S/c1-15-21(24-28-23(29-34-24)17-8-11-20(33-4)19(26)14-17)22(16-6-9-18(32-3)10-7-16)27-25(35)30(15)12-5-13-31-2/h6-11,14,22H,5,12-13H2,1-4H3,(H,27,35). The van der Waals surface area contributed by atoms with Crippen LogP contribution >= 0.6 is 12.2 Å². The number of aromatic nitrogens is 2. The smallest absolute Gasteiger partial charge is 0.258 e. The van der Waals surface area contributed by atoms with Crippen molar-refractivity contribution in [1.29, 1.82) is 0 Å². The molecule has 0 aliphatic carbocycles. The number of allylic oxidation sites excluding steroid dienone is 1. The van der Waals surface area contributed by atoms with E-state index in [1.54, 1.807) is 20.3 Å². The highest BCUT2D eigenvalue weighted by molar-refractivity contribution is 7.80. The summed E-state index contributed by atoms with van der Waals surface area (Å²) in [5, 5.41) is 8.13. The van der Waals surface area contributed by atoms with Gasteiger partial charge in [-0.15, -0.1) is 0 Å². The Labute approximate surface area is 208 Å². The monoisotopic (exact) mass is 498 g/mol. The van der Waals surface area contributed by atoms with Crippen LogP contribution in [0.5, 0.6) is 11.5 Å². The van der Waals surface area contributed by atoms with Crippen LogP contribution in [0.25, 0.3) is 17.0 Å². The third-order valence-electron chi connectivity index (χ3n) is 5.84. The molecule has 184 valence electrons. The number of hydrogen-bond donors (Lipinski definition) is 1. The Morgan fingerprint density at radius 1 is 1.11 bits per heavy atom. The molecule has 0 fully saturated rings. The van der Waals surface area contributed by atoms with Gasteiger partial charge >= 0.3 is 0 Å². The van der Waals surface area contributed by atoms with E-state index in [4.69, 9.17) is 31.0 Å². The van der Waals surface area contributed by atoms with Crippen LogP contribution in [0.1, 0.15) is 30.8 Å². The lowest BCUT2D eigenvalue weighted by Crippen LogP contribution is -2.46. The molecule has 1 aliphatic heterocycles. The second kappa shape index (κ2) is 10.8. The van der Waals surface area contributed by atoms with E-state index in [1.165, 1.54) is 19.2 Å². The van der Waals surface area contributed by atoms with Crippen LogP contribution in [0, 0.1) is 5.82 Å². The quantitative estimate of drug-likeness (QED) is 0.336. The molecule has 4 rings (SSSR count). The zero-order valence-electron chi connectivity index (χ0n) is 20.0. The molecule has 2 aromatic carbocycles. The first-order chi connectivity index (χ1) is 17.0. The molecule has 1 aliphatic rings. The van der Waals surface area contributed by atoms with Crippen LogP contribution in [0.15, 0.2) is 52.7 Å². The van der Waals surface area contributed by atoms with Crippen molar-refractivity contribution in [3.63, 3.8) is 0 Å². The van der Waals surface area contributed by atoms with Gasteiger partial charge in [0, 0.05) is 31.5 Å². The van der Waals surface area contributed by atoms with E-state index in [-0.39, 0.29) is 17.6 Å². The van der Waals surface area contributed by atoms with Crippen LogP contribution < -0.4 is 14.8 Å². The van der Waals surface area contributed by atoms with Crippen molar-refractivity contribution >= 4 is 22.9 Å². The zero-order valence-corrected chi connectivity index (χ0v) is 20.8. The third kappa shape index (κ3) is 5.13. The first-order valence-corrected chi connectivity index (χ1v) is 11.5. The summed E-state index contributed by atoms with van der Waals surface area (Å²) < 4.78 is 35.5. The molecule has 0 spiro atoms. The number of ether oxygens (including phenoxy) is 3. The molecule has 0 amide bonds. The van der Waals surface area contributed by atoms with Crippen LogP contribution in [0.4, 0.5) is 4.39 Å². The number of nitrogens with zero attached hydrogens (tertiary/aromatic N) is 3. The van der Waals surface area contributed by atoms with Crippen molar-refractivity contribution in [2.45, 2.75) is 19.4 Å². The second-order valence-electron chi connectivity index (χ2n) is 7.93. The van der Waals surface area contributed by atoms with E-state index in [0.717, 1.165) is 29.0 Å². The number of benzene rings is 2. The van der Waals surface area contributed by atoms with Crippen LogP contribution in [-0.2, 0) is 4.74 Å². The summed E-state index contributed by atoms with van der Waals surface area (Å²) in [5.41, 5.74) is 3.11. The number of hydrogen-bond acceptors (Lipinski definition) is 7. The predicted octanol–water partition coefficient (Wildman–Crippen LogP) is 4.59. The number of methoxy groups -OCH3 is 3. The van der Waals surface area contributed by atoms with Gasteiger partial charge < -0.3 is 29.0 Å². The average molecular weight is 499 g/mol. The van der Waals surface area contributed by atoms with Crippen LogP contribution in [0.2, 0.25) is 0 Å². The molecule has 0 radical (unpaired) electrons. The fraction of sp³-hybridized carbons (Fsp3) is 0.320. The summed E-state index contributed by atoms with van der Waals surface area (Å²) in [6.45, 7) is 3.25. The predicted molar refractivity (Wildman–Crippen MR) is 134 cm³/mol. The first kappa shape index (κ1) is 24.6. The fourth-order valence-electron chi connectivity index (χ4n) is 4.00. The Morgan fingerprint density at radius 3 is 2.54 bits per heavy atom. The summed E-state index contributed by atoms with van der Waals surface area (Å²) in [5.74, 6) is 0.983. The topological polar surface area (TPSA) is 81.9 Å². The molecule has 1 unspecified atom stereocenters. The van der Waals surface area contributed by atoms with E-state index < -0.39 is 5.82 Å². The average Bonchev–Trinajstić information content (AvgIpc) is 3.35. The van der Waals surface area contributed by atoms with Gasteiger partial charge in [0.15, 0.2) is 16.7 Å². The summed E-state index contributed by atoms with van der Waals surface area (Å²) in [7, 11) is 4.71. The van der Waals surface area contributed by atoms with Gasteiger partial charge in [-0.25, -0.2) is 4.39 Å².